The summed E-state index contributed by atoms with van der Waals surface area (Å²) in [5.41, 5.74) is 6.00. The van der Waals surface area contributed by atoms with Gasteiger partial charge in [-0.3, -0.25) is 4.79 Å². The minimum absolute atomic E-state index is 0.0431. The van der Waals surface area contributed by atoms with Crippen LogP contribution in [-0.4, -0.2) is 28.4 Å². The number of nitrogens with zero attached hydrogens (tertiary/aromatic N) is 1. The van der Waals surface area contributed by atoms with Crippen molar-refractivity contribution in [2.75, 3.05) is 6.54 Å². The smallest absolute Gasteiger partial charge is 0.233 e. The quantitative estimate of drug-likeness (QED) is 0.842. The van der Waals surface area contributed by atoms with Gasteiger partial charge in [0.05, 0.1) is 16.9 Å². The molecule has 0 spiro atoms. The second kappa shape index (κ2) is 6.15. The van der Waals surface area contributed by atoms with Gasteiger partial charge in [0.15, 0.2) is 0 Å². The molecule has 0 heterocycles. The highest BCUT2D eigenvalue weighted by Gasteiger charge is 2.34. The van der Waals surface area contributed by atoms with Gasteiger partial charge in [-0.2, -0.15) is 0 Å². The molecule has 0 aromatic heterocycles. The Morgan fingerprint density at radius 1 is 1.32 bits per heavy atom. The number of thiocarbonyl (C=S) groups is 1. The van der Waals surface area contributed by atoms with Gasteiger partial charge in [0, 0.05) is 6.04 Å². The molecule has 104 valence electrons. The van der Waals surface area contributed by atoms with Crippen LogP contribution >= 0.6 is 12.2 Å². The first kappa shape index (κ1) is 15.6. The Labute approximate surface area is 120 Å². The van der Waals surface area contributed by atoms with Crippen LogP contribution in [0.2, 0.25) is 0 Å². The molecule has 0 saturated carbocycles. The summed E-state index contributed by atoms with van der Waals surface area (Å²) in [4.78, 5) is 14.8. The molecule has 0 unspecified atom stereocenters. The fourth-order valence-corrected chi connectivity index (χ4v) is 2.13. The van der Waals surface area contributed by atoms with Crippen molar-refractivity contribution in [2.24, 2.45) is 5.73 Å². The Balaban J connectivity index is 3.05. The number of carbonyl (C=O) groups is 1. The van der Waals surface area contributed by atoms with E-state index in [4.69, 9.17) is 18.0 Å². The second-order valence-corrected chi connectivity index (χ2v) is 6.01. The molecule has 1 aromatic carbocycles. The molecule has 0 atom stereocenters. The fourth-order valence-electron chi connectivity index (χ4n) is 1.99. The Bertz CT molecular complexity index is 454. The van der Waals surface area contributed by atoms with E-state index in [2.05, 4.69) is 0 Å². The number of rotatable bonds is 5. The summed E-state index contributed by atoms with van der Waals surface area (Å²) in [5, 5.41) is 0. The van der Waals surface area contributed by atoms with Gasteiger partial charge in [0.1, 0.15) is 0 Å². The molecule has 1 rings (SSSR count). The van der Waals surface area contributed by atoms with E-state index < -0.39 is 5.41 Å². The maximum Gasteiger partial charge on any atom is 0.233 e. The van der Waals surface area contributed by atoms with Crippen LogP contribution in [0.4, 0.5) is 0 Å². The zero-order valence-electron chi connectivity index (χ0n) is 12.0. The van der Waals surface area contributed by atoms with E-state index >= 15 is 0 Å². The number of amides is 1. The van der Waals surface area contributed by atoms with Crippen LogP contribution in [0.5, 0.6) is 0 Å². The Morgan fingerprint density at radius 2 is 1.84 bits per heavy atom. The predicted octanol–water partition coefficient (Wildman–Crippen LogP) is 2.49. The van der Waals surface area contributed by atoms with Crippen molar-refractivity contribution in [1.82, 2.24) is 4.90 Å². The highest BCUT2D eigenvalue weighted by atomic mass is 32.1. The molecule has 0 bridgehead atoms. The van der Waals surface area contributed by atoms with E-state index in [1.165, 1.54) is 0 Å². The maximum atomic E-state index is 12.8. The third kappa shape index (κ3) is 3.77. The van der Waals surface area contributed by atoms with Crippen LogP contribution in [0.25, 0.3) is 0 Å². The average molecular weight is 278 g/mol. The van der Waals surface area contributed by atoms with Crippen LogP contribution in [0.3, 0.4) is 0 Å². The molecular weight excluding hydrogens is 256 g/mol. The lowest BCUT2D eigenvalue weighted by Gasteiger charge is -2.34. The SMILES string of the molecule is CC(C)N(CC(N)=S)C(=O)C(C)(C)c1ccccc1. The van der Waals surface area contributed by atoms with Crippen LogP contribution in [0.15, 0.2) is 30.3 Å². The number of benzene rings is 1. The van der Waals surface area contributed by atoms with Gasteiger partial charge >= 0.3 is 0 Å². The molecule has 2 N–H and O–H groups in total. The van der Waals surface area contributed by atoms with Crippen molar-refractivity contribution in [3.8, 4) is 0 Å². The number of nitrogens with two attached hydrogens (primary N) is 1. The largest absolute Gasteiger partial charge is 0.392 e. The molecule has 0 radical (unpaired) electrons. The average Bonchev–Trinajstić information content (AvgIpc) is 2.35. The van der Waals surface area contributed by atoms with Gasteiger partial charge < -0.3 is 10.6 Å². The lowest BCUT2D eigenvalue weighted by atomic mass is 9.83. The molecule has 0 aliphatic heterocycles. The lowest BCUT2D eigenvalue weighted by Crippen LogP contribution is -2.49. The number of carbonyl (C=O) groups excluding carboxylic acids is 1. The summed E-state index contributed by atoms with van der Waals surface area (Å²) in [6, 6.07) is 9.83. The van der Waals surface area contributed by atoms with Crippen molar-refractivity contribution >= 4 is 23.1 Å². The van der Waals surface area contributed by atoms with Crippen molar-refractivity contribution in [3.05, 3.63) is 35.9 Å². The van der Waals surface area contributed by atoms with Crippen LogP contribution in [0, 0.1) is 0 Å². The van der Waals surface area contributed by atoms with Gasteiger partial charge in [-0.25, -0.2) is 0 Å². The molecule has 1 amide bonds. The van der Waals surface area contributed by atoms with Gasteiger partial charge in [-0.15, -0.1) is 0 Å². The van der Waals surface area contributed by atoms with Gasteiger partial charge in [-0.05, 0) is 33.3 Å². The molecule has 3 nitrogen and oxygen atoms in total. The van der Waals surface area contributed by atoms with Crippen LogP contribution in [-0.2, 0) is 10.2 Å². The zero-order chi connectivity index (χ0) is 14.6. The molecule has 0 aliphatic rings. The molecule has 1 aromatic rings. The van der Waals surface area contributed by atoms with E-state index in [0.717, 1.165) is 5.56 Å². The molecule has 0 saturated heterocycles. The summed E-state index contributed by atoms with van der Waals surface area (Å²) in [5.74, 6) is 0.0431. The second-order valence-electron chi connectivity index (χ2n) is 5.48. The third-order valence-electron chi connectivity index (χ3n) is 3.24. The molecule has 4 heteroatoms. The Morgan fingerprint density at radius 3 is 2.26 bits per heavy atom. The summed E-state index contributed by atoms with van der Waals surface area (Å²) < 4.78 is 0. The topological polar surface area (TPSA) is 46.3 Å². The highest BCUT2D eigenvalue weighted by Crippen LogP contribution is 2.26. The Hall–Kier alpha value is -1.42. The Kier molecular flexibility index (Phi) is 5.06. The van der Waals surface area contributed by atoms with Gasteiger partial charge in [0.2, 0.25) is 5.91 Å². The summed E-state index contributed by atoms with van der Waals surface area (Å²) in [6.07, 6.45) is 0. The first-order chi connectivity index (χ1) is 8.76. The summed E-state index contributed by atoms with van der Waals surface area (Å²) in [6.45, 7) is 8.12. The fraction of sp³-hybridized carbons (Fsp3) is 0.467. The normalized spacial score (nSPS) is 11.4. The molecular formula is C15H22N2OS. The standard InChI is InChI=1S/C15H22N2OS/c1-11(2)17(10-13(16)19)14(18)15(3,4)12-8-6-5-7-9-12/h5-9,11H,10H2,1-4H3,(H2,16,19). The summed E-state index contributed by atoms with van der Waals surface area (Å²) >= 11 is 4.93. The molecule has 0 fully saturated rings. The van der Waals surface area contributed by atoms with E-state index in [9.17, 15) is 4.79 Å². The van der Waals surface area contributed by atoms with Gasteiger partial charge in [-0.1, -0.05) is 42.5 Å². The van der Waals surface area contributed by atoms with Crippen LogP contribution < -0.4 is 5.73 Å². The maximum absolute atomic E-state index is 12.8. The molecule has 19 heavy (non-hydrogen) atoms. The monoisotopic (exact) mass is 278 g/mol. The minimum Gasteiger partial charge on any atom is -0.392 e. The zero-order valence-corrected chi connectivity index (χ0v) is 12.8. The van der Waals surface area contributed by atoms with Crippen molar-refractivity contribution < 1.29 is 4.79 Å². The van der Waals surface area contributed by atoms with Gasteiger partial charge in [0.25, 0.3) is 0 Å². The van der Waals surface area contributed by atoms with E-state index in [1.807, 2.05) is 58.0 Å². The van der Waals surface area contributed by atoms with Crippen LogP contribution in [0.1, 0.15) is 33.3 Å². The highest BCUT2D eigenvalue weighted by molar-refractivity contribution is 7.80. The van der Waals surface area contributed by atoms with Crippen molar-refractivity contribution in [3.63, 3.8) is 0 Å². The predicted molar refractivity (Wildman–Crippen MR) is 83.1 cm³/mol. The third-order valence-corrected chi connectivity index (χ3v) is 3.37. The van der Waals surface area contributed by atoms with E-state index in [1.54, 1.807) is 4.90 Å². The molecule has 0 aliphatic carbocycles. The number of hydrogen-bond donors (Lipinski definition) is 1. The van der Waals surface area contributed by atoms with Crippen molar-refractivity contribution in [1.29, 1.82) is 0 Å². The van der Waals surface area contributed by atoms with Crippen molar-refractivity contribution in [2.45, 2.75) is 39.2 Å². The van der Waals surface area contributed by atoms with E-state index in [-0.39, 0.29) is 11.9 Å². The van der Waals surface area contributed by atoms with E-state index in [0.29, 0.717) is 11.5 Å². The first-order valence-electron chi connectivity index (χ1n) is 6.41. The summed E-state index contributed by atoms with van der Waals surface area (Å²) in [7, 11) is 0. The lowest BCUT2D eigenvalue weighted by molar-refractivity contribution is -0.137. The first-order valence-corrected chi connectivity index (χ1v) is 6.82. The number of hydrogen-bond acceptors (Lipinski definition) is 2. The minimum atomic E-state index is -0.587.